The van der Waals surface area contributed by atoms with E-state index >= 15 is 0 Å². The number of benzene rings is 2. The molecule has 0 aliphatic carbocycles. The Bertz CT molecular complexity index is 1060. The van der Waals surface area contributed by atoms with Gasteiger partial charge in [-0.05, 0) is 36.4 Å². The predicted molar refractivity (Wildman–Crippen MR) is 87.9 cm³/mol. The number of fused-ring (bicyclic) bond motifs is 1. The van der Waals surface area contributed by atoms with Gasteiger partial charge in [-0.25, -0.2) is 8.42 Å². The monoisotopic (exact) mass is 367 g/mol. The van der Waals surface area contributed by atoms with Crippen LogP contribution in [0, 0.1) is 10.1 Å². The first-order valence-corrected chi connectivity index (χ1v) is 8.48. The zero-order chi connectivity index (χ0) is 18.2. The van der Waals surface area contributed by atoms with E-state index in [0.717, 1.165) is 23.0 Å². The Morgan fingerprint density at radius 3 is 2.56 bits per heavy atom. The number of aromatic nitrogens is 1. The van der Waals surface area contributed by atoms with E-state index in [2.05, 4.69) is 10.3 Å². The molecule has 0 fully saturated rings. The lowest BCUT2D eigenvalue weighted by atomic mass is 10.2. The van der Waals surface area contributed by atoms with Crippen LogP contribution in [0.3, 0.4) is 0 Å². The molecule has 1 aromatic heterocycles. The number of halogens is 2. The molecule has 7 nitrogen and oxygen atoms in total. The van der Waals surface area contributed by atoms with Gasteiger partial charge >= 0.3 is 5.76 Å². The Balaban J connectivity index is 2.02. The van der Waals surface area contributed by atoms with Crippen LogP contribution < -0.4 is 5.32 Å². The molecule has 10 heteroatoms. The summed E-state index contributed by atoms with van der Waals surface area (Å²) in [4.78, 5) is 12.6. The third-order valence-electron chi connectivity index (χ3n) is 3.56. The van der Waals surface area contributed by atoms with Crippen molar-refractivity contribution in [3.63, 3.8) is 0 Å². The van der Waals surface area contributed by atoms with Gasteiger partial charge in [0, 0.05) is 28.9 Å². The average molecular weight is 367 g/mol. The molecular formula is C15H11F2N3O4S. The largest absolute Gasteiger partial charge is 0.361 e. The number of alkyl halides is 2. The van der Waals surface area contributed by atoms with E-state index in [1.54, 1.807) is 24.4 Å². The molecule has 3 aromatic rings. The number of rotatable bonds is 5. The maximum absolute atomic E-state index is 12.6. The standard InChI is InChI=1S/C15H11F2N3O4S/c16-15(17)25(23,24)11-2-4-13(14(8-11)20(21)22)19-10-1-3-12-9(7-10)5-6-18-12/h1-8,15,18-19H. The normalized spacial score (nSPS) is 11.8. The summed E-state index contributed by atoms with van der Waals surface area (Å²) in [6.45, 7) is 0. The molecule has 0 saturated heterocycles. The van der Waals surface area contributed by atoms with Crippen molar-refractivity contribution in [1.29, 1.82) is 0 Å². The molecule has 0 saturated carbocycles. The molecule has 0 amide bonds. The molecule has 1 heterocycles. The summed E-state index contributed by atoms with van der Waals surface area (Å²) >= 11 is 0. The number of nitrogens with zero attached hydrogens (tertiary/aromatic N) is 1. The van der Waals surface area contributed by atoms with E-state index in [1.165, 1.54) is 0 Å². The molecule has 2 aromatic carbocycles. The molecule has 130 valence electrons. The number of anilines is 2. The van der Waals surface area contributed by atoms with Crippen molar-refractivity contribution in [3.8, 4) is 0 Å². The van der Waals surface area contributed by atoms with E-state index in [4.69, 9.17) is 0 Å². The molecule has 25 heavy (non-hydrogen) atoms. The molecule has 0 atom stereocenters. The lowest BCUT2D eigenvalue weighted by Crippen LogP contribution is -2.12. The van der Waals surface area contributed by atoms with Crippen molar-refractivity contribution in [2.45, 2.75) is 10.7 Å². The van der Waals surface area contributed by atoms with E-state index in [0.29, 0.717) is 11.8 Å². The SMILES string of the molecule is O=[N+]([O-])c1cc(S(=O)(=O)C(F)F)ccc1Nc1ccc2[nH]ccc2c1. The number of H-pyrrole nitrogens is 1. The fraction of sp³-hybridized carbons (Fsp3) is 0.0667. The lowest BCUT2D eigenvalue weighted by Gasteiger charge is -2.09. The number of sulfone groups is 1. The lowest BCUT2D eigenvalue weighted by molar-refractivity contribution is -0.384. The van der Waals surface area contributed by atoms with Gasteiger partial charge < -0.3 is 10.3 Å². The fourth-order valence-corrected chi connectivity index (χ4v) is 3.07. The quantitative estimate of drug-likeness (QED) is 0.527. The molecule has 0 spiro atoms. The number of hydrogen-bond acceptors (Lipinski definition) is 5. The third kappa shape index (κ3) is 3.15. The van der Waals surface area contributed by atoms with Gasteiger partial charge in [-0.15, -0.1) is 0 Å². The van der Waals surface area contributed by atoms with Gasteiger partial charge in [-0.2, -0.15) is 8.78 Å². The van der Waals surface area contributed by atoms with Crippen molar-refractivity contribution in [2.24, 2.45) is 0 Å². The van der Waals surface area contributed by atoms with Crippen LogP contribution in [0.1, 0.15) is 0 Å². The highest BCUT2D eigenvalue weighted by Gasteiger charge is 2.29. The second-order valence-corrected chi connectivity index (χ2v) is 7.06. The number of nitrogens with one attached hydrogen (secondary N) is 2. The predicted octanol–water partition coefficient (Wildman–Crippen LogP) is 3.82. The number of nitro groups is 1. The van der Waals surface area contributed by atoms with Crippen LogP contribution in [-0.4, -0.2) is 24.1 Å². The summed E-state index contributed by atoms with van der Waals surface area (Å²) in [6.07, 6.45) is 1.74. The summed E-state index contributed by atoms with van der Waals surface area (Å²) < 4.78 is 48.2. The van der Waals surface area contributed by atoms with Crippen molar-refractivity contribution in [3.05, 3.63) is 58.8 Å². The van der Waals surface area contributed by atoms with Gasteiger partial charge in [-0.1, -0.05) is 0 Å². The Morgan fingerprint density at radius 2 is 1.88 bits per heavy atom. The molecule has 0 aliphatic heterocycles. The number of aromatic amines is 1. The minimum absolute atomic E-state index is 0.00639. The van der Waals surface area contributed by atoms with Gasteiger partial charge in [-0.3, -0.25) is 10.1 Å². The molecule has 0 aliphatic rings. The average Bonchev–Trinajstić information content (AvgIpc) is 3.02. The van der Waals surface area contributed by atoms with Crippen LogP contribution in [0.15, 0.2) is 53.6 Å². The van der Waals surface area contributed by atoms with Crippen molar-refractivity contribution in [1.82, 2.24) is 4.98 Å². The summed E-state index contributed by atoms with van der Waals surface area (Å²) in [5.74, 6) is -3.65. The molecular weight excluding hydrogens is 356 g/mol. The number of nitro benzene ring substituents is 1. The maximum atomic E-state index is 12.6. The summed E-state index contributed by atoms with van der Waals surface area (Å²) in [5.41, 5.74) is 0.780. The Hall–Kier alpha value is -3.01. The highest BCUT2D eigenvalue weighted by molar-refractivity contribution is 7.91. The highest BCUT2D eigenvalue weighted by atomic mass is 32.2. The van der Waals surface area contributed by atoms with Crippen LogP contribution in [0.5, 0.6) is 0 Å². The van der Waals surface area contributed by atoms with Crippen molar-refractivity contribution in [2.75, 3.05) is 5.32 Å². The topological polar surface area (TPSA) is 105 Å². The third-order valence-corrected chi connectivity index (χ3v) is 4.94. The Labute approximate surface area is 140 Å². The van der Waals surface area contributed by atoms with Crippen LogP contribution in [0.2, 0.25) is 0 Å². The first-order valence-electron chi connectivity index (χ1n) is 6.94. The Morgan fingerprint density at radius 1 is 1.12 bits per heavy atom. The van der Waals surface area contributed by atoms with Gasteiger partial charge in [0.25, 0.3) is 5.69 Å². The molecule has 2 N–H and O–H groups in total. The summed E-state index contributed by atoms with van der Waals surface area (Å²) in [5, 5.41) is 14.9. The summed E-state index contributed by atoms with van der Waals surface area (Å²) in [6, 6.07) is 9.61. The second-order valence-electron chi connectivity index (χ2n) is 5.15. The van der Waals surface area contributed by atoms with E-state index < -0.39 is 31.1 Å². The van der Waals surface area contributed by atoms with Crippen LogP contribution in [0.4, 0.5) is 25.8 Å². The molecule has 0 unspecified atom stereocenters. The van der Waals surface area contributed by atoms with Gasteiger partial charge in [0.1, 0.15) is 5.69 Å². The van der Waals surface area contributed by atoms with Gasteiger partial charge in [0.2, 0.25) is 9.84 Å². The molecule has 0 radical (unpaired) electrons. The number of hydrogen-bond donors (Lipinski definition) is 2. The highest BCUT2D eigenvalue weighted by Crippen LogP contribution is 2.32. The van der Waals surface area contributed by atoms with Gasteiger partial charge in [0.15, 0.2) is 0 Å². The minimum atomic E-state index is -4.91. The first-order chi connectivity index (χ1) is 11.8. The van der Waals surface area contributed by atoms with Crippen LogP contribution in [-0.2, 0) is 9.84 Å². The maximum Gasteiger partial charge on any atom is 0.341 e. The van der Waals surface area contributed by atoms with Crippen LogP contribution >= 0.6 is 0 Å². The van der Waals surface area contributed by atoms with E-state index in [9.17, 15) is 27.3 Å². The fourth-order valence-electron chi connectivity index (χ4n) is 2.33. The zero-order valence-electron chi connectivity index (χ0n) is 12.4. The first kappa shape index (κ1) is 16.8. The van der Waals surface area contributed by atoms with Gasteiger partial charge in [0.05, 0.1) is 9.82 Å². The zero-order valence-corrected chi connectivity index (χ0v) is 13.3. The van der Waals surface area contributed by atoms with E-state index in [-0.39, 0.29) is 5.69 Å². The smallest absolute Gasteiger partial charge is 0.341 e. The molecule has 3 rings (SSSR count). The van der Waals surface area contributed by atoms with E-state index in [1.807, 2.05) is 6.07 Å². The van der Waals surface area contributed by atoms with Crippen LogP contribution in [0.25, 0.3) is 10.9 Å². The summed E-state index contributed by atoms with van der Waals surface area (Å²) in [7, 11) is -4.91. The Kier molecular flexibility index (Phi) is 4.13. The van der Waals surface area contributed by atoms with Crippen molar-refractivity contribution < 1.29 is 22.1 Å². The second kappa shape index (κ2) is 6.13. The van der Waals surface area contributed by atoms with Crippen molar-refractivity contribution >= 4 is 37.8 Å². The minimum Gasteiger partial charge on any atom is -0.361 e. The molecule has 0 bridgehead atoms.